The Hall–Kier alpha value is -1.38. The number of carbonyl (C=O) groups is 2. The molecule has 5 N–H and O–H groups in total. The molecule has 0 aliphatic heterocycles. The van der Waals surface area contributed by atoms with Gasteiger partial charge in [0.15, 0.2) is 6.10 Å². The molecule has 1 atom stereocenters. The first-order valence-corrected chi connectivity index (χ1v) is 4.68. The van der Waals surface area contributed by atoms with Crippen molar-refractivity contribution in [1.82, 2.24) is 10.2 Å². The number of aliphatic hydroxyl groups excluding tert-OH is 3. The fraction of sp³-hybridized carbons (Fsp3) is 0.750. The van der Waals surface area contributed by atoms with Gasteiger partial charge in [-0.15, -0.1) is 0 Å². The molecule has 0 saturated heterocycles. The Balaban J connectivity index is 4.04. The number of urea groups is 1. The second-order valence-electron chi connectivity index (χ2n) is 2.97. The van der Waals surface area contributed by atoms with Crippen LogP contribution in [0.1, 0.15) is 0 Å². The minimum atomic E-state index is -1.67. The van der Waals surface area contributed by atoms with E-state index in [1.54, 1.807) is 0 Å². The maximum atomic E-state index is 11.3. The predicted octanol–water partition coefficient (Wildman–Crippen LogP) is -2.57. The van der Waals surface area contributed by atoms with Crippen LogP contribution >= 0.6 is 0 Å². The summed E-state index contributed by atoms with van der Waals surface area (Å²) >= 11 is 0. The number of rotatable bonds is 7. The Bertz CT molecular complexity index is 229. The number of nitrogens with one attached hydrogen (secondary N) is 1. The normalized spacial score (nSPS) is 11.9. The van der Waals surface area contributed by atoms with Crippen molar-refractivity contribution >= 4 is 12.0 Å². The van der Waals surface area contributed by atoms with E-state index in [0.717, 1.165) is 4.90 Å². The molecule has 0 aliphatic carbocycles. The summed E-state index contributed by atoms with van der Waals surface area (Å²) in [5.74, 6) is -1.43. The molecule has 0 spiro atoms. The van der Waals surface area contributed by atoms with E-state index in [4.69, 9.17) is 20.4 Å². The summed E-state index contributed by atoms with van der Waals surface area (Å²) in [6.07, 6.45) is -1.67. The average molecular weight is 236 g/mol. The summed E-state index contributed by atoms with van der Waals surface area (Å²) in [5.41, 5.74) is 0. The first-order valence-electron chi connectivity index (χ1n) is 4.68. The molecular formula is C8H16N2O6. The van der Waals surface area contributed by atoms with Crippen LogP contribution in [0.25, 0.3) is 0 Å². The molecule has 94 valence electrons. The number of carboxylic acid groups (broad SMARTS) is 1. The lowest BCUT2D eigenvalue weighted by Gasteiger charge is -2.21. The minimum Gasteiger partial charge on any atom is -0.479 e. The molecule has 0 aromatic carbocycles. The molecule has 0 unspecified atom stereocenters. The first kappa shape index (κ1) is 14.6. The SMILES string of the molecule is O=C(O)[C@@H](O)CNC(=O)N(CCO)CCO. The largest absolute Gasteiger partial charge is 0.479 e. The fourth-order valence-electron chi connectivity index (χ4n) is 0.939. The Morgan fingerprint density at radius 1 is 1.19 bits per heavy atom. The number of carboxylic acids is 1. The van der Waals surface area contributed by atoms with Gasteiger partial charge in [0.2, 0.25) is 0 Å². The van der Waals surface area contributed by atoms with Crippen LogP contribution in [0.4, 0.5) is 4.79 Å². The highest BCUT2D eigenvalue weighted by atomic mass is 16.4. The summed E-state index contributed by atoms with van der Waals surface area (Å²) < 4.78 is 0. The summed E-state index contributed by atoms with van der Waals surface area (Å²) in [7, 11) is 0. The third-order valence-corrected chi connectivity index (χ3v) is 1.76. The Kier molecular flexibility index (Phi) is 7.18. The number of hydrogen-bond acceptors (Lipinski definition) is 5. The smallest absolute Gasteiger partial charge is 0.334 e. The summed E-state index contributed by atoms with van der Waals surface area (Å²) in [5, 5.41) is 36.7. The maximum absolute atomic E-state index is 11.3. The van der Waals surface area contributed by atoms with Crippen LogP contribution in [0, 0.1) is 0 Å². The van der Waals surface area contributed by atoms with Crippen molar-refractivity contribution in [1.29, 1.82) is 0 Å². The van der Waals surface area contributed by atoms with Gasteiger partial charge >= 0.3 is 12.0 Å². The van der Waals surface area contributed by atoms with E-state index < -0.39 is 24.6 Å². The summed E-state index contributed by atoms with van der Waals surface area (Å²) in [4.78, 5) is 22.7. The van der Waals surface area contributed by atoms with Crippen molar-refractivity contribution in [2.75, 3.05) is 32.8 Å². The van der Waals surface area contributed by atoms with Crippen LogP contribution in [0.3, 0.4) is 0 Å². The monoisotopic (exact) mass is 236 g/mol. The van der Waals surface area contributed by atoms with E-state index in [-0.39, 0.29) is 26.3 Å². The zero-order chi connectivity index (χ0) is 12.6. The van der Waals surface area contributed by atoms with Crippen LogP contribution < -0.4 is 5.32 Å². The number of carbonyl (C=O) groups excluding carboxylic acids is 1. The van der Waals surface area contributed by atoms with Gasteiger partial charge in [0, 0.05) is 13.1 Å². The van der Waals surface area contributed by atoms with Gasteiger partial charge in [-0.2, -0.15) is 0 Å². The van der Waals surface area contributed by atoms with Crippen molar-refractivity contribution in [2.24, 2.45) is 0 Å². The summed E-state index contributed by atoms with van der Waals surface area (Å²) in [6.45, 7) is -0.920. The van der Waals surface area contributed by atoms with Crippen LogP contribution in [0.15, 0.2) is 0 Å². The van der Waals surface area contributed by atoms with Crippen LogP contribution in [0.5, 0.6) is 0 Å². The van der Waals surface area contributed by atoms with Gasteiger partial charge < -0.3 is 30.6 Å². The lowest BCUT2D eigenvalue weighted by atomic mass is 10.3. The molecule has 2 amide bonds. The van der Waals surface area contributed by atoms with Crippen molar-refractivity contribution in [2.45, 2.75) is 6.10 Å². The lowest BCUT2D eigenvalue weighted by Crippen LogP contribution is -2.46. The van der Waals surface area contributed by atoms with Gasteiger partial charge in [0.25, 0.3) is 0 Å². The zero-order valence-corrected chi connectivity index (χ0v) is 8.67. The van der Waals surface area contributed by atoms with Crippen molar-refractivity contribution in [3.8, 4) is 0 Å². The molecule has 0 fully saturated rings. The molecule has 0 saturated carbocycles. The standard InChI is InChI=1S/C8H16N2O6/c11-3-1-10(2-4-12)8(16)9-5-6(13)7(14)15/h6,11-13H,1-5H2,(H,9,16)(H,14,15)/t6-/m0/s1. The number of hydrogen-bond donors (Lipinski definition) is 5. The molecule has 8 heteroatoms. The molecule has 0 aliphatic rings. The predicted molar refractivity (Wildman–Crippen MR) is 52.8 cm³/mol. The quantitative estimate of drug-likeness (QED) is 0.330. The van der Waals surface area contributed by atoms with Crippen molar-refractivity contribution in [3.05, 3.63) is 0 Å². The molecule has 0 radical (unpaired) electrons. The molecule has 0 aromatic heterocycles. The van der Waals surface area contributed by atoms with Gasteiger partial charge in [0.1, 0.15) is 0 Å². The van der Waals surface area contributed by atoms with Gasteiger partial charge in [-0.1, -0.05) is 0 Å². The van der Waals surface area contributed by atoms with E-state index in [1.165, 1.54) is 0 Å². The molecule has 0 aromatic rings. The zero-order valence-electron chi connectivity index (χ0n) is 8.67. The number of aliphatic carboxylic acids is 1. The fourth-order valence-corrected chi connectivity index (χ4v) is 0.939. The van der Waals surface area contributed by atoms with Gasteiger partial charge in [-0.3, -0.25) is 0 Å². The Morgan fingerprint density at radius 3 is 2.06 bits per heavy atom. The maximum Gasteiger partial charge on any atom is 0.334 e. The third kappa shape index (κ3) is 5.49. The molecule has 0 rings (SSSR count). The van der Waals surface area contributed by atoms with Crippen molar-refractivity contribution < 1.29 is 30.0 Å². The Labute approximate surface area is 92.1 Å². The van der Waals surface area contributed by atoms with E-state index >= 15 is 0 Å². The average Bonchev–Trinajstić information content (AvgIpc) is 2.24. The third-order valence-electron chi connectivity index (χ3n) is 1.76. The lowest BCUT2D eigenvalue weighted by molar-refractivity contribution is -0.146. The molecule has 8 nitrogen and oxygen atoms in total. The van der Waals surface area contributed by atoms with Crippen LogP contribution in [-0.2, 0) is 4.79 Å². The number of aliphatic hydroxyl groups is 3. The topological polar surface area (TPSA) is 130 Å². The molecule has 0 bridgehead atoms. The van der Waals surface area contributed by atoms with E-state index in [0.29, 0.717) is 0 Å². The highest BCUT2D eigenvalue weighted by Crippen LogP contribution is 1.89. The van der Waals surface area contributed by atoms with E-state index in [1.807, 2.05) is 0 Å². The van der Waals surface area contributed by atoms with Gasteiger partial charge in [0.05, 0.1) is 19.8 Å². The second kappa shape index (κ2) is 7.85. The van der Waals surface area contributed by atoms with E-state index in [9.17, 15) is 9.59 Å². The van der Waals surface area contributed by atoms with Gasteiger partial charge in [-0.05, 0) is 0 Å². The first-order chi connectivity index (χ1) is 7.52. The molecule has 0 heterocycles. The summed E-state index contributed by atoms with van der Waals surface area (Å²) in [6, 6.07) is -0.650. The highest BCUT2D eigenvalue weighted by Gasteiger charge is 2.17. The Morgan fingerprint density at radius 2 is 1.69 bits per heavy atom. The van der Waals surface area contributed by atoms with E-state index in [2.05, 4.69) is 5.32 Å². The van der Waals surface area contributed by atoms with Gasteiger partial charge in [-0.25, -0.2) is 9.59 Å². The molecule has 16 heavy (non-hydrogen) atoms. The second-order valence-corrected chi connectivity index (χ2v) is 2.97. The minimum absolute atomic E-state index is 0.0234. The molecular weight excluding hydrogens is 220 g/mol. The number of amides is 2. The highest BCUT2D eigenvalue weighted by molar-refractivity contribution is 5.76. The number of nitrogens with zero attached hydrogens (tertiary/aromatic N) is 1. The van der Waals surface area contributed by atoms with Crippen LogP contribution in [-0.4, -0.2) is 76.3 Å². The van der Waals surface area contributed by atoms with Crippen LogP contribution in [0.2, 0.25) is 0 Å². The van der Waals surface area contributed by atoms with Crippen molar-refractivity contribution in [3.63, 3.8) is 0 Å².